The van der Waals surface area contributed by atoms with Crippen LogP contribution < -0.4 is 5.32 Å². The molecule has 0 bridgehead atoms. The number of thioether (sulfide) groups is 1. The quantitative estimate of drug-likeness (QED) is 0.432. The molecular formula is C23H19N5O2S. The zero-order chi connectivity index (χ0) is 21.6. The predicted molar refractivity (Wildman–Crippen MR) is 118 cm³/mol. The molecule has 8 heteroatoms. The van der Waals surface area contributed by atoms with Crippen molar-refractivity contribution in [1.82, 2.24) is 14.8 Å². The highest BCUT2D eigenvalue weighted by atomic mass is 32.2. The van der Waals surface area contributed by atoms with Crippen LogP contribution in [0.2, 0.25) is 0 Å². The van der Waals surface area contributed by atoms with Gasteiger partial charge in [-0.05, 0) is 42.8 Å². The number of benzene rings is 2. The van der Waals surface area contributed by atoms with Crippen molar-refractivity contribution in [3.8, 4) is 17.7 Å². The Morgan fingerprint density at radius 2 is 2.00 bits per heavy atom. The lowest BCUT2D eigenvalue weighted by atomic mass is 10.2. The molecule has 0 aliphatic carbocycles. The highest BCUT2D eigenvalue weighted by molar-refractivity contribution is 8.00. The fraction of sp³-hybridized carbons (Fsp3) is 0.130. The van der Waals surface area contributed by atoms with Gasteiger partial charge in [0.25, 0.3) is 0 Å². The van der Waals surface area contributed by atoms with Crippen LogP contribution in [-0.4, -0.2) is 25.9 Å². The number of nitrogens with one attached hydrogen (secondary N) is 1. The molecule has 0 saturated carbocycles. The van der Waals surface area contributed by atoms with Crippen LogP contribution in [0.1, 0.15) is 18.1 Å². The van der Waals surface area contributed by atoms with E-state index in [0.717, 1.165) is 5.56 Å². The molecule has 4 rings (SSSR count). The molecule has 0 saturated heterocycles. The molecule has 1 amide bonds. The third-order valence-electron chi connectivity index (χ3n) is 4.55. The predicted octanol–water partition coefficient (Wildman–Crippen LogP) is 4.58. The van der Waals surface area contributed by atoms with Crippen LogP contribution in [0.3, 0.4) is 0 Å². The Hall–Kier alpha value is -3.83. The average Bonchev–Trinajstić information content (AvgIpc) is 3.45. The van der Waals surface area contributed by atoms with Gasteiger partial charge in [-0.1, -0.05) is 48.2 Å². The highest BCUT2D eigenvalue weighted by Crippen LogP contribution is 2.28. The number of hydrogen-bond donors (Lipinski definition) is 1. The van der Waals surface area contributed by atoms with E-state index in [1.54, 1.807) is 36.6 Å². The second-order valence-electron chi connectivity index (χ2n) is 6.80. The monoisotopic (exact) mass is 429 g/mol. The number of rotatable bonds is 7. The summed E-state index contributed by atoms with van der Waals surface area (Å²) in [6.07, 6.45) is 1.59. The zero-order valence-electron chi connectivity index (χ0n) is 16.7. The van der Waals surface area contributed by atoms with Crippen LogP contribution in [0, 0.1) is 11.3 Å². The molecule has 2 aromatic heterocycles. The van der Waals surface area contributed by atoms with Gasteiger partial charge in [0.05, 0.1) is 29.7 Å². The summed E-state index contributed by atoms with van der Waals surface area (Å²) >= 11 is 1.32. The maximum Gasteiger partial charge on any atom is 0.237 e. The molecule has 2 heterocycles. The van der Waals surface area contributed by atoms with Gasteiger partial charge in [-0.15, -0.1) is 10.2 Å². The Morgan fingerprint density at radius 3 is 2.74 bits per heavy atom. The first-order valence-electron chi connectivity index (χ1n) is 9.63. The van der Waals surface area contributed by atoms with Crippen molar-refractivity contribution < 1.29 is 9.21 Å². The standard InChI is InChI=1S/C23H19N5O2S/c1-16(22(29)25-19-10-5-9-18(13-19)14-24)31-23-27-26-21(20-11-6-12-30-20)28(23)15-17-7-3-2-4-8-17/h2-13,16H,15H2,1H3,(H,25,29)/t16-/m1/s1. The maximum atomic E-state index is 12.7. The van der Waals surface area contributed by atoms with Gasteiger partial charge in [0.15, 0.2) is 10.9 Å². The number of anilines is 1. The number of carbonyl (C=O) groups is 1. The van der Waals surface area contributed by atoms with Crippen LogP contribution >= 0.6 is 11.8 Å². The van der Waals surface area contributed by atoms with E-state index in [2.05, 4.69) is 21.6 Å². The minimum absolute atomic E-state index is 0.186. The van der Waals surface area contributed by atoms with Gasteiger partial charge in [0, 0.05) is 5.69 Å². The minimum atomic E-state index is -0.436. The molecule has 0 radical (unpaired) electrons. The van der Waals surface area contributed by atoms with Gasteiger partial charge in [-0.25, -0.2) is 0 Å². The second kappa shape index (κ2) is 9.32. The molecule has 7 nitrogen and oxygen atoms in total. The van der Waals surface area contributed by atoms with Gasteiger partial charge >= 0.3 is 0 Å². The summed E-state index contributed by atoms with van der Waals surface area (Å²) in [4.78, 5) is 12.7. The number of nitrogens with zero attached hydrogens (tertiary/aromatic N) is 4. The van der Waals surface area contributed by atoms with Gasteiger partial charge in [-0.2, -0.15) is 5.26 Å². The lowest BCUT2D eigenvalue weighted by Gasteiger charge is -2.13. The van der Waals surface area contributed by atoms with Crippen LogP contribution in [0.4, 0.5) is 5.69 Å². The zero-order valence-corrected chi connectivity index (χ0v) is 17.5. The molecule has 31 heavy (non-hydrogen) atoms. The summed E-state index contributed by atoms with van der Waals surface area (Å²) < 4.78 is 7.47. The average molecular weight is 430 g/mol. The summed E-state index contributed by atoms with van der Waals surface area (Å²) in [6.45, 7) is 2.35. The van der Waals surface area contributed by atoms with Crippen molar-refractivity contribution in [1.29, 1.82) is 5.26 Å². The van der Waals surface area contributed by atoms with E-state index in [0.29, 0.717) is 34.5 Å². The third-order valence-corrected chi connectivity index (χ3v) is 5.63. The van der Waals surface area contributed by atoms with Crippen LogP contribution in [-0.2, 0) is 11.3 Å². The Kier molecular flexibility index (Phi) is 6.15. The van der Waals surface area contributed by atoms with Crippen LogP contribution in [0.25, 0.3) is 11.6 Å². The summed E-state index contributed by atoms with van der Waals surface area (Å²) in [6, 6.07) is 22.5. The first-order valence-corrected chi connectivity index (χ1v) is 10.5. The molecule has 0 aliphatic rings. The number of carbonyl (C=O) groups excluding carboxylic acids is 1. The summed E-state index contributed by atoms with van der Waals surface area (Å²) in [7, 11) is 0. The number of aromatic nitrogens is 3. The Bertz CT molecular complexity index is 1210. The molecular weight excluding hydrogens is 410 g/mol. The highest BCUT2D eigenvalue weighted by Gasteiger charge is 2.22. The van der Waals surface area contributed by atoms with Crippen molar-refractivity contribution in [2.24, 2.45) is 0 Å². The molecule has 0 fully saturated rings. The first-order chi connectivity index (χ1) is 15.1. The number of nitriles is 1. The van der Waals surface area contributed by atoms with E-state index < -0.39 is 5.25 Å². The minimum Gasteiger partial charge on any atom is -0.461 e. The molecule has 154 valence electrons. The SMILES string of the molecule is C[C@@H](Sc1nnc(-c2ccco2)n1Cc1ccccc1)C(=O)Nc1cccc(C#N)c1. The van der Waals surface area contributed by atoms with E-state index in [1.165, 1.54) is 11.8 Å². The number of amides is 1. The van der Waals surface area contributed by atoms with E-state index in [9.17, 15) is 4.79 Å². The Morgan fingerprint density at radius 1 is 1.16 bits per heavy atom. The fourth-order valence-corrected chi connectivity index (χ4v) is 3.84. The topological polar surface area (TPSA) is 96.7 Å². The molecule has 0 unspecified atom stereocenters. The van der Waals surface area contributed by atoms with Gasteiger partial charge < -0.3 is 9.73 Å². The van der Waals surface area contributed by atoms with Gasteiger partial charge in [-0.3, -0.25) is 9.36 Å². The maximum absolute atomic E-state index is 12.7. The van der Waals surface area contributed by atoms with Crippen molar-refractivity contribution in [3.63, 3.8) is 0 Å². The Balaban J connectivity index is 1.55. The molecule has 0 spiro atoms. The van der Waals surface area contributed by atoms with Gasteiger partial charge in [0.2, 0.25) is 11.7 Å². The number of hydrogen-bond acceptors (Lipinski definition) is 6. The van der Waals surface area contributed by atoms with E-state index in [-0.39, 0.29) is 5.91 Å². The first kappa shape index (κ1) is 20.4. The van der Waals surface area contributed by atoms with E-state index in [4.69, 9.17) is 9.68 Å². The fourth-order valence-electron chi connectivity index (χ4n) is 2.99. The largest absolute Gasteiger partial charge is 0.461 e. The summed E-state index contributed by atoms with van der Waals surface area (Å²) in [5.74, 6) is 1.03. The van der Waals surface area contributed by atoms with Crippen molar-refractivity contribution in [2.75, 3.05) is 5.32 Å². The molecule has 2 aromatic carbocycles. The lowest BCUT2D eigenvalue weighted by Crippen LogP contribution is -2.23. The second-order valence-corrected chi connectivity index (χ2v) is 8.11. The van der Waals surface area contributed by atoms with Gasteiger partial charge in [0.1, 0.15) is 0 Å². The lowest BCUT2D eigenvalue weighted by molar-refractivity contribution is -0.115. The number of furan rings is 1. The van der Waals surface area contributed by atoms with E-state index >= 15 is 0 Å². The molecule has 1 atom stereocenters. The van der Waals surface area contributed by atoms with Crippen molar-refractivity contribution in [3.05, 3.63) is 84.1 Å². The summed E-state index contributed by atoms with van der Waals surface area (Å²) in [5.41, 5.74) is 2.16. The van der Waals surface area contributed by atoms with Crippen molar-refractivity contribution >= 4 is 23.4 Å². The molecule has 1 N–H and O–H groups in total. The van der Waals surface area contributed by atoms with Crippen LogP contribution in [0.5, 0.6) is 0 Å². The van der Waals surface area contributed by atoms with Crippen LogP contribution in [0.15, 0.2) is 82.6 Å². The smallest absolute Gasteiger partial charge is 0.237 e. The third kappa shape index (κ3) is 4.85. The van der Waals surface area contributed by atoms with E-state index in [1.807, 2.05) is 47.9 Å². The normalized spacial score (nSPS) is 11.6. The summed E-state index contributed by atoms with van der Waals surface area (Å²) in [5, 5.41) is 20.7. The molecule has 4 aromatic rings. The Labute approximate surface area is 183 Å². The van der Waals surface area contributed by atoms with Crippen molar-refractivity contribution in [2.45, 2.75) is 23.9 Å². The molecule has 0 aliphatic heterocycles.